The number of benzene rings is 8. The standard InChI is InChI=1S/C46H24O4/c1-3-15-29-27(13-1)40(35-24-47-45-32(35)22-21-31-25-11-5-8-18-36(25)50-46(31)45)28-14-2-4-16-30(28)41(29)43-42-33-17-7-10-20-38(33)48-39(42)23-34-26-12-6-9-19-37(26)49-44(34)43/h1-24H. The highest BCUT2D eigenvalue weighted by Gasteiger charge is 2.26. The fourth-order valence-electron chi connectivity index (χ4n) is 8.46. The molecule has 4 heterocycles. The summed E-state index contributed by atoms with van der Waals surface area (Å²) < 4.78 is 26.2. The SMILES string of the molecule is c1ccc2c(c1)oc1c(-c3c4ccccc4c(-c4coc5c4ccc4c6ccccc6oc45)c4ccccc34)c3c(cc12)oc1ccccc13. The summed E-state index contributed by atoms with van der Waals surface area (Å²) in [5.41, 5.74) is 10.1. The van der Waals surface area contributed by atoms with Gasteiger partial charge in [-0.2, -0.15) is 0 Å². The van der Waals surface area contributed by atoms with Gasteiger partial charge in [-0.1, -0.05) is 103 Å². The molecule has 4 aromatic heterocycles. The van der Waals surface area contributed by atoms with E-state index in [4.69, 9.17) is 17.7 Å². The predicted molar refractivity (Wildman–Crippen MR) is 204 cm³/mol. The second kappa shape index (κ2) is 9.43. The predicted octanol–water partition coefficient (Wildman–Crippen LogP) is 13.8. The Kier molecular flexibility index (Phi) is 4.94. The molecule has 0 spiro atoms. The Labute approximate surface area is 283 Å². The van der Waals surface area contributed by atoms with Crippen LogP contribution in [0.4, 0.5) is 0 Å². The molecule has 0 saturated heterocycles. The van der Waals surface area contributed by atoms with Crippen molar-refractivity contribution in [3.8, 4) is 22.3 Å². The van der Waals surface area contributed by atoms with Crippen LogP contribution in [0.3, 0.4) is 0 Å². The monoisotopic (exact) mass is 640 g/mol. The zero-order chi connectivity index (χ0) is 32.5. The number of hydrogen-bond acceptors (Lipinski definition) is 4. The molecule has 0 radical (unpaired) electrons. The van der Waals surface area contributed by atoms with Crippen molar-refractivity contribution < 1.29 is 17.7 Å². The molecule has 232 valence electrons. The lowest BCUT2D eigenvalue weighted by Gasteiger charge is -2.18. The fourth-order valence-corrected chi connectivity index (χ4v) is 8.46. The third-order valence-corrected chi connectivity index (χ3v) is 10.5. The van der Waals surface area contributed by atoms with Gasteiger partial charge in [0.15, 0.2) is 11.2 Å². The Morgan fingerprint density at radius 1 is 0.300 bits per heavy atom. The molecular weight excluding hydrogens is 617 g/mol. The van der Waals surface area contributed by atoms with E-state index in [0.717, 1.165) is 121 Å². The lowest BCUT2D eigenvalue weighted by Crippen LogP contribution is -1.91. The van der Waals surface area contributed by atoms with Gasteiger partial charge in [-0.3, -0.25) is 0 Å². The van der Waals surface area contributed by atoms with E-state index in [-0.39, 0.29) is 0 Å². The Morgan fingerprint density at radius 3 is 1.46 bits per heavy atom. The second-order valence-electron chi connectivity index (χ2n) is 13.1. The first-order valence-electron chi connectivity index (χ1n) is 16.8. The molecule has 12 aromatic rings. The van der Waals surface area contributed by atoms with E-state index in [1.165, 1.54) is 0 Å². The average molecular weight is 641 g/mol. The van der Waals surface area contributed by atoms with E-state index in [1.807, 2.05) is 48.7 Å². The van der Waals surface area contributed by atoms with Crippen molar-refractivity contribution in [3.05, 3.63) is 146 Å². The van der Waals surface area contributed by atoms with Crippen LogP contribution in [0.15, 0.2) is 163 Å². The zero-order valence-corrected chi connectivity index (χ0v) is 26.5. The van der Waals surface area contributed by atoms with E-state index in [2.05, 4.69) is 97.1 Å². The molecular formula is C46H24O4. The van der Waals surface area contributed by atoms with Gasteiger partial charge in [0.1, 0.15) is 27.9 Å². The highest BCUT2D eigenvalue weighted by Crippen LogP contribution is 2.52. The van der Waals surface area contributed by atoms with E-state index in [0.29, 0.717) is 0 Å². The summed E-state index contributed by atoms with van der Waals surface area (Å²) in [4.78, 5) is 0. The minimum absolute atomic E-state index is 0.754. The van der Waals surface area contributed by atoms with Crippen molar-refractivity contribution in [2.24, 2.45) is 0 Å². The summed E-state index contributed by atoms with van der Waals surface area (Å²) in [5, 5.41) is 11.9. The van der Waals surface area contributed by atoms with Crippen LogP contribution in [0, 0.1) is 0 Å². The number of fused-ring (bicyclic) bond motifs is 13. The van der Waals surface area contributed by atoms with Crippen molar-refractivity contribution in [1.82, 2.24) is 0 Å². The maximum absolute atomic E-state index is 6.82. The first-order valence-corrected chi connectivity index (χ1v) is 16.8. The third-order valence-electron chi connectivity index (χ3n) is 10.5. The molecule has 0 aliphatic heterocycles. The van der Waals surface area contributed by atoms with Gasteiger partial charge in [-0.05, 0) is 57.9 Å². The van der Waals surface area contributed by atoms with Crippen molar-refractivity contribution in [2.75, 3.05) is 0 Å². The Morgan fingerprint density at radius 2 is 0.800 bits per heavy atom. The van der Waals surface area contributed by atoms with Crippen molar-refractivity contribution in [1.29, 1.82) is 0 Å². The van der Waals surface area contributed by atoms with Gasteiger partial charge >= 0.3 is 0 Å². The summed E-state index contributed by atoms with van der Waals surface area (Å²) in [6.07, 6.45) is 1.90. The van der Waals surface area contributed by atoms with Crippen molar-refractivity contribution >= 4 is 98.3 Å². The number of furan rings is 4. The lowest BCUT2D eigenvalue weighted by molar-refractivity contribution is 0.601. The van der Waals surface area contributed by atoms with Crippen molar-refractivity contribution in [2.45, 2.75) is 0 Å². The molecule has 0 bridgehead atoms. The van der Waals surface area contributed by atoms with Crippen LogP contribution in [0.1, 0.15) is 0 Å². The highest BCUT2D eigenvalue weighted by atomic mass is 16.4. The van der Waals surface area contributed by atoms with Crippen LogP contribution in [0.25, 0.3) is 121 Å². The Balaban J connectivity index is 1.26. The van der Waals surface area contributed by atoms with E-state index >= 15 is 0 Å². The van der Waals surface area contributed by atoms with Gasteiger partial charge in [0.25, 0.3) is 0 Å². The average Bonchev–Trinajstić information content (AvgIpc) is 3.94. The lowest BCUT2D eigenvalue weighted by atomic mass is 9.84. The van der Waals surface area contributed by atoms with Gasteiger partial charge in [0.05, 0.1) is 6.26 Å². The van der Waals surface area contributed by atoms with Gasteiger partial charge in [0, 0.05) is 60.0 Å². The molecule has 0 aliphatic rings. The van der Waals surface area contributed by atoms with Crippen LogP contribution in [0.2, 0.25) is 0 Å². The molecule has 0 aliphatic carbocycles. The number of rotatable bonds is 2. The number of hydrogen-bond donors (Lipinski definition) is 0. The van der Waals surface area contributed by atoms with Crippen molar-refractivity contribution in [3.63, 3.8) is 0 Å². The molecule has 0 unspecified atom stereocenters. The first-order chi connectivity index (χ1) is 24.8. The molecule has 8 aromatic carbocycles. The molecule has 0 atom stereocenters. The normalized spacial score (nSPS) is 12.4. The Bertz CT molecular complexity index is 3320. The van der Waals surface area contributed by atoms with E-state index in [1.54, 1.807) is 0 Å². The summed E-state index contributed by atoms with van der Waals surface area (Å²) in [6.45, 7) is 0. The largest absolute Gasteiger partial charge is 0.460 e. The molecule has 50 heavy (non-hydrogen) atoms. The smallest absolute Gasteiger partial charge is 0.178 e. The van der Waals surface area contributed by atoms with Gasteiger partial charge < -0.3 is 17.7 Å². The fraction of sp³-hybridized carbons (Fsp3) is 0. The first kappa shape index (κ1) is 26.2. The molecule has 4 heteroatoms. The van der Waals surface area contributed by atoms with Crippen LogP contribution in [0.5, 0.6) is 0 Å². The molecule has 0 fully saturated rings. The quantitative estimate of drug-likeness (QED) is 0.176. The van der Waals surface area contributed by atoms with Crippen LogP contribution >= 0.6 is 0 Å². The third kappa shape index (κ3) is 3.30. The van der Waals surface area contributed by atoms with Crippen LogP contribution < -0.4 is 0 Å². The molecule has 0 saturated carbocycles. The Hall–Kier alpha value is -6.78. The maximum atomic E-state index is 6.82. The van der Waals surface area contributed by atoms with E-state index in [9.17, 15) is 0 Å². The van der Waals surface area contributed by atoms with Crippen LogP contribution in [-0.4, -0.2) is 0 Å². The molecule has 12 rings (SSSR count). The second-order valence-corrected chi connectivity index (χ2v) is 13.1. The summed E-state index contributed by atoms with van der Waals surface area (Å²) in [5.74, 6) is 0. The zero-order valence-electron chi connectivity index (χ0n) is 26.5. The summed E-state index contributed by atoms with van der Waals surface area (Å²) in [7, 11) is 0. The highest BCUT2D eigenvalue weighted by molar-refractivity contribution is 6.32. The maximum Gasteiger partial charge on any atom is 0.178 e. The van der Waals surface area contributed by atoms with E-state index < -0.39 is 0 Å². The number of para-hydroxylation sites is 3. The molecule has 4 nitrogen and oxygen atoms in total. The van der Waals surface area contributed by atoms with Gasteiger partial charge in [-0.25, -0.2) is 0 Å². The molecule has 0 amide bonds. The van der Waals surface area contributed by atoms with Gasteiger partial charge in [0.2, 0.25) is 0 Å². The summed E-state index contributed by atoms with van der Waals surface area (Å²) >= 11 is 0. The topological polar surface area (TPSA) is 52.6 Å². The molecule has 0 N–H and O–H groups in total. The minimum Gasteiger partial charge on any atom is -0.460 e. The van der Waals surface area contributed by atoms with Gasteiger partial charge in [-0.15, -0.1) is 0 Å². The summed E-state index contributed by atoms with van der Waals surface area (Å²) in [6, 6.07) is 48.6. The van der Waals surface area contributed by atoms with Crippen LogP contribution in [-0.2, 0) is 0 Å². The minimum atomic E-state index is 0.754.